The molecule has 1 amide bonds. The lowest BCUT2D eigenvalue weighted by Crippen LogP contribution is -2.44. The number of nitrogens with one attached hydrogen (secondary N) is 1. The number of carbonyl (C=O) groups excluding carboxylic acids is 1. The molecule has 1 fully saturated rings. The maximum Gasteiger partial charge on any atom is 0.244 e. The Morgan fingerprint density at radius 2 is 2.05 bits per heavy atom. The second-order valence-corrected chi connectivity index (χ2v) is 5.23. The molecule has 1 aliphatic carbocycles. The van der Waals surface area contributed by atoms with E-state index in [1.807, 2.05) is 18.2 Å². The summed E-state index contributed by atoms with van der Waals surface area (Å²) in [4.78, 5) is 11.8. The predicted octanol–water partition coefficient (Wildman–Crippen LogP) is 2.77. The molecule has 0 heterocycles. The van der Waals surface area contributed by atoms with Gasteiger partial charge in [0.25, 0.3) is 0 Å². The van der Waals surface area contributed by atoms with Crippen LogP contribution in [0.4, 0.5) is 0 Å². The number of carbonyl (C=O) groups is 1. The summed E-state index contributed by atoms with van der Waals surface area (Å²) in [7, 11) is 0. The lowest BCUT2D eigenvalue weighted by Gasteiger charge is -2.27. The van der Waals surface area contributed by atoms with Gasteiger partial charge in [-0.05, 0) is 30.5 Å². The topological polar surface area (TPSA) is 49.3 Å². The molecule has 2 rings (SSSR count). The fourth-order valence-corrected chi connectivity index (χ4v) is 2.48. The molecule has 0 radical (unpaired) electrons. The van der Waals surface area contributed by atoms with Gasteiger partial charge in [-0.25, -0.2) is 0 Å². The molecule has 19 heavy (non-hydrogen) atoms. The Labute approximate surface area is 118 Å². The van der Waals surface area contributed by atoms with Crippen molar-refractivity contribution < 1.29 is 9.90 Å². The smallest absolute Gasteiger partial charge is 0.244 e. The van der Waals surface area contributed by atoms with E-state index in [0.717, 1.165) is 31.2 Å². The Kier molecular flexibility index (Phi) is 5.00. The molecule has 0 saturated heterocycles. The Bertz CT molecular complexity index is 473. The molecule has 2 N–H and O–H groups in total. The minimum absolute atomic E-state index is 0.128. The molecular weight excluding hydrogens is 262 g/mol. The molecule has 4 heteroatoms. The van der Waals surface area contributed by atoms with E-state index in [0.29, 0.717) is 5.02 Å². The zero-order valence-corrected chi connectivity index (χ0v) is 11.4. The molecule has 0 spiro atoms. The van der Waals surface area contributed by atoms with Gasteiger partial charge >= 0.3 is 0 Å². The van der Waals surface area contributed by atoms with Crippen LogP contribution < -0.4 is 5.32 Å². The van der Waals surface area contributed by atoms with E-state index >= 15 is 0 Å². The third kappa shape index (κ3) is 4.08. The third-order valence-electron chi connectivity index (χ3n) is 3.38. The SMILES string of the molecule is O=C(/C=C/c1ccccc1Cl)N[C@H]1CCCC[C@@H]1O. The second-order valence-electron chi connectivity index (χ2n) is 4.82. The summed E-state index contributed by atoms with van der Waals surface area (Å²) < 4.78 is 0. The second kappa shape index (κ2) is 6.73. The number of hydrogen-bond donors (Lipinski definition) is 2. The van der Waals surface area contributed by atoms with Crippen molar-refractivity contribution in [1.29, 1.82) is 0 Å². The highest BCUT2D eigenvalue weighted by atomic mass is 35.5. The molecule has 1 aliphatic rings. The van der Waals surface area contributed by atoms with Crippen LogP contribution in [0.25, 0.3) is 6.08 Å². The van der Waals surface area contributed by atoms with E-state index in [9.17, 15) is 9.90 Å². The first-order valence-corrected chi connectivity index (χ1v) is 6.96. The molecular formula is C15H18ClNO2. The van der Waals surface area contributed by atoms with Gasteiger partial charge in [-0.15, -0.1) is 0 Å². The summed E-state index contributed by atoms with van der Waals surface area (Å²) in [6, 6.07) is 7.22. The minimum atomic E-state index is -0.425. The Morgan fingerprint density at radius 1 is 1.32 bits per heavy atom. The molecule has 2 atom stereocenters. The zero-order chi connectivity index (χ0) is 13.7. The first-order chi connectivity index (χ1) is 9.16. The third-order valence-corrected chi connectivity index (χ3v) is 3.72. The molecule has 0 unspecified atom stereocenters. The van der Waals surface area contributed by atoms with E-state index in [1.165, 1.54) is 6.08 Å². The maximum absolute atomic E-state index is 11.8. The largest absolute Gasteiger partial charge is 0.391 e. The number of amides is 1. The maximum atomic E-state index is 11.8. The summed E-state index contributed by atoms with van der Waals surface area (Å²) in [5, 5.41) is 13.2. The number of aliphatic hydroxyl groups is 1. The Morgan fingerprint density at radius 3 is 2.79 bits per heavy atom. The molecule has 1 aromatic rings. The van der Waals surface area contributed by atoms with E-state index in [-0.39, 0.29) is 11.9 Å². The van der Waals surface area contributed by atoms with Crippen LogP contribution in [0, 0.1) is 0 Å². The highest BCUT2D eigenvalue weighted by Gasteiger charge is 2.23. The first kappa shape index (κ1) is 14.1. The molecule has 0 bridgehead atoms. The summed E-state index contributed by atoms with van der Waals surface area (Å²) in [5.74, 6) is -0.189. The van der Waals surface area contributed by atoms with Gasteiger partial charge in [-0.2, -0.15) is 0 Å². The Balaban J connectivity index is 1.92. The van der Waals surface area contributed by atoms with E-state index in [4.69, 9.17) is 11.6 Å². The number of halogens is 1. The summed E-state index contributed by atoms with van der Waals surface area (Å²) in [5.41, 5.74) is 0.809. The quantitative estimate of drug-likeness (QED) is 0.836. The van der Waals surface area contributed by atoms with Crippen molar-refractivity contribution in [2.75, 3.05) is 0 Å². The van der Waals surface area contributed by atoms with Gasteiger partial charge in [0.1, 0.15) is 0 Å². The molecule has 1 aromatic carbocycles. The summed E-state index contributed by atoms with van der Waals surface area (Å²) >= 11 is 6.00. The van der Waals surface area contributed by atoms with E-state index < -0.39 is 6.10 Å². The van der Waals surface area contributed by atoms with Gasteiger partial charge in [0.2, 0.25) is 5.91 Å². The number of rotatable bonds is 3. The van der Waals surface area contributed by atoms with Gasteiger partial charge in [0.15, 0.2) is 0 Å². The number of aliphatic hydroxyl groups excluding tert-OH is 1. The van der Waals surface area contributed by atoms with Crippen LogP contribution in [0.15, 0.2) is 30.3 Å². The zero-order valence-electron chi connectivity index (χ0n) is 10.7. The van der Waals surface area contributed by atoms with Crippen molar-refractivity contribution in [2.45, 2.75) is 37.8 Å². The lowest BCUT2D eigenvalue weighted by atomic mass is 9.92. The van der Waals surface area contributed by atoms with Gasteiger partial charge in [-0.1, -0.05) is 42.6 Å². The number of hydrogen-bond acceptors (Lipinski definition) is 2. The fraction of sp³-hybridized carbons (Fsp3) is 0.400. The van der Waals surface area contributed by atoms with Crippen LogP contribution in [-0.2, 0) is 4.79 Å². The monoisotopic (exact) mass is 279 g/mol. The van der Waals surface area contributed by atoms with Gasteiger partial charge in [0, 0.05) is 11.1 Å². The highest BCUT2D eigenvalue weighted by Crippen LogP contribution is 2.19. The predicted molar refractivity (Wildman–Crippen MR) is 76.9 cm³/mol. The highest BCUT2D eigenvalue weighted by molar-refractivity contribution is 6.32. The van der Waals surface area contributed by atoms with E-state index in [2.05, 4.69) is 5.32 Å². The van der Waals surface area contributed by atoms with Crippen molar-refractivity contribution in [1.82, 2.24) is 5.32 Å². The van der Waals surface area contributed by atoms with Crippen molar-refractivity contribution in [3.05, 3.63) is 40.9 Å². The molecule has 3 nitrogen and oxygen atoms in total. The molecule has 102 valence electrons. The average molecular weight is 280 g/mol. The lowest BCUT2D eigenvalue weighted by molar-refractivity contribution is -0.118. The summed E-state index contributed by atoms with van der Waals surface area (Å²) in [6.07, 6.45) is 6.41. The van der Waals surface area contributed by atoms with Gasteiger partial charge < -0.3 is 10.4 Å². The van der Waals surface area contributed by atoms with Crippen LogP contribution in [0.1, 0.15) is 31.2 Å². The standard InChI is InChI=1S/C15H18ClNO2/c16-12-6-2-1-5-11(12)9-10-15(19)17-13-7-3-4-8-14(13)18/h1-2,5-6,9-10,13-14,18H,3-4,7-8H2,(H,17,19)/b10-9+/t13-,14-/m0/s1. The minimum Gasteiger partial charge on any atom is -0.391 e. The normalized spacial score (nSPS) is 23.5. The molecule has 1 saturated carbocycles. The van der Waals surface area contributed by atoms with Gasteiger partial charge in [-0.3, -0.25) is 4.79 Å². The number of benzene rings is 1. The van der Waals surface area contributed by atoms with Crippen LogP contribution in [-0.4, -0.2) is 23.2 Å². The molecule has 0 aromatic heterocycles. The molecule has 0 aliphatic heterocycles. The van der Waals surface area contributed by atoms with Crippen molar-refractivity contribution in [3.63, 3.8) is 0 Å². The fourth-order valence-electron chi connectivity index (χ4n) is 2.29. The van der Waals surface area contributed by atoms with Crippen LogP contribution >= 0.6 is 11.6 Å². The first-order valence-electron chi connectivity index (χ1n) is 6.58. The van der Waals surface area contributed by atoms with Crippen LogP contribution in [0.3, 0.4) is 0 Å². The van der Waals surface area contributed by atoms with Crippen LogP contribution in [0.5, 0.6) is 0 Å². The van der Waals surface area contributed by atoms with Gasteiger partial charge in [0.05, 0.1) is 12.1 Å². The van der Waals surface area contributed by atoms with Crippen molar-refractivity contribution in [2.24, 2.45) is 0 Å². The van der Waals surface area contributed by atoms with Crippen molar-refractivity contribution in [3.8, 4) is 0 Å². The van der Waals surface area contributed by atoms with E-state index in [1.54, 1.807) is 12.1 Å². The average Bonchev–Trinajstić information content (AvgIpc) is 2.40. The summed E-state index contributed by atoms with van der Waals surface area (Å²) in [6.45, 7) is 0. The van der Waals surface area contributed by atoms with Crippen molar-refractivity contribution >= 4 is 23.6 Å². The van der Waals surface area contributed by atoms with Crippen LogP contribution in [0.2, 0.25) is 5.02 Å². The Hall–Kier alpha value is -1.32.